The number of hydrogen-bond donors (Lipinski definition) is 2. The molecule has 0 spiro atoms. The highest BCUT2D eigenvalue weighted by molar-refractivity contribution is 6.35. The minimum Gasteiger partial charge on any atom is -0.351 e. The van der Waals surface area contributed by atoms with Crippen LogP contribution in [0, 0.1) is 5.92 Å². The van der Waals surface area contributed by atoms with Gasteiger partial charge in [0, 0.05) is 11.9 Å². The second-order valence-electron chi connectivity index (χ2n) is 4.83. The average Bonchev–Trinajstić information content (AvgIpc) is 2.74. The van der Waals surface area contributed by atoms with Crippen molar-refractivity contribution in [2.24, 2.45) is 5.92 Å². The number of halogens is 1. The molecule has 1 heterocycles. The molecule has 18 heavy (non-hydrogen) atoms. The standard InChI is InChI=1S/C14H17ClN2O/c1-9(2)6-7-16-14(18)12-8-10-4-3-5-11(15)13(10)17-12/h3-5,8-9,17H,6-7H2,1-2H3,(H,16,18). The van der Waals surface area contributed by atoms with Gasteiger partial charge < -0.3 is 10.3 Å². The van der Waals surface area contributed by atoms with E-state index in [0.29, 0.717) is 23.2 Å². The van der Waals surface area contributed by atoms with E-state index in [0.717, 1.165) is 17.3 Å². The number of amides is 1. The first-order valence-corrected chi connectivity index (χ1v) is 6.51. The molecule has 2 rings (SSSR count). The number of hydrogen-bond acceptors (Lipinski definition) is 1. The summed E-state index contributed by atoms with van der Waals surface area (Å²) in [6, 6.07) is 7.44. The third-order valence-corrected chi connectivity index (χ3v) is 3.17. The van der Waals surface area contributed by atoms with Gasteiger partial charge in [-0.1, -0.05) is 37.6 Å². The Kier molecular flexibility index (Phi) is 3.92. The van der Waals surface area contributed by atoms with Crippen molar-refractivity contribution in [2.45, 2.75) is 20.3 Å². The number of rotatable bonds is 4. The van der Waals surface area contributed by atoms with Crippen molar-refractivity contribution in [2.75, 3.05) is 6.54 Å². The van der Waals surface area contributed by atoms with Gasteiger partial charge >= 0.3 is 0 Å². The molecule has 0 atom stereocenters. The van der Waals surface area contributed by atoms with Crippen LogP contribution in [0.2, 0.25) is 5.02 Å². The smallest absolute Gasteiger partial charge is 0.267 e. The van der Waals surface area contributed by atoms with Gasteiger partial charge in [-0.25, -0.2) is 0 Å². The van der Waals surface area contributed by atoms with Crippen LogP contribution in [0.4, 0.5) is 0 Å². The quantitative estimate of drug-likeness (QED) is 0.871. The molecule has 0 fully saturated rings. The Bertz CT molecular complexity index is 560. The SMILES string of the molecule is CC(C)CCNC(=O)c1cc2cccc(Cl)c2[nH]1. The van der Waals surface area contributed by atoms with Crippen LogP contribution in [0.15, 0.2) is 24.3 Å². The maximum atomic E-state index is 11.9. The second kappa shape index (κ2) is 5.44. The molecule has 0 saturated carbocycles. The number of H-pyrrole nitrogens is 1. The zero-order chi connectivity index (χ0) is 13.1. The second-order valence-corrected chi connectivity index (χ2v) is 5.23. The van der Waals surface area contributed by atoms with Gasteiger partial charge in [-0.15, -0.1) is 0 Å². The molecule has 0 radical (unpaired) electrons. The average molecular weight is 265 g/mol. The van der Waals surface area contributed by atoms with Gasteiger partial charge in [0.1, 0.15) is 5.69 Å². The monoisotopic (exact) mass is 264 g/mol. The Hall–Kier alpha value is -1.48. The predicted molar refractivity (Wildman–Crippen MR) is 75.1 cm³/mol. The van der Waals surface area contributed by atoms with Gasteiger partial charge in [-0.2, -0.15) is 0 Å². The largest absolute Gasteiger partial charge is 0.351 e. The number of carbonyl (C=O) groups excluding carboxylic acids is 1. The van der Waals surface area contributed by atoms with Crippen molar-refractivity contribution in [1.29, 1.82) is 0 Å². The van der Waals surface area contributed by atoms with Crippen molar-refractivity contribution in [3.8, 4) is 0 Å². The first-order chi connectivity index (χ1) is 8.58. The minimum atomic E-state index is -0.0806. The lowest BCUT2D eigenvalue weighted by Crippen LogP contribution is -2.25. The van der Waals surface area contributed by atoms with E-state index in [1.165, 1.54) is 0 Å². The summed E-state index contributed by atoms with van der Waals surface area (Å²) in [6.45, 7) is 4.96. The number of para-hydroxylation sites is 1. The molecule has 1 aromatic heterocycles. The van der Waals surface area contributed by atoms with Crippen molar-refractivity contribution in [1.82, 2.24) is 10.3 Å². The molecular formula is C14H17ClN2O. The normalized spacial score (nSPS) is 11.1. The molecule has 0 aliphatic rings. The van der Waals surface area contributed by atoms with Crippen LogP contribution in [-0.4, -0.2) is 17.4 Å². The molecule has 3 nitrogen and oxygen atoms in total. The maximum absolute atomic E-state index is 11.9. The van der Waals surface area contributed by atoms with E-state index >= 15 is 0 Å². The number of nitrogens with one attached hydrogen (secondary N) is 2. The van der Waals surface area contributed by atoms with Crippen LogP contribution in [-0.2, 0) is 0 Å². The fraction of sp³-hybridized carbons (Fsp3) is 0.357. The minimum absolute atomic E-state index is 0.0806. The summed E-state index contributed by atoms with van der Waals surface area (Å²) in [5.41, 5.74) is 1.37. The summed E-state index contributed by atoms with van der Waals surface area (Å²) in [5.74, 6) is 0.505. The topological polar surface area (TPSA) is 44.9 Å². The van der Waals surface area contributed by atoms with Crippen molar-refractivity contribution in [3.05, 3.63) is 35.0 Å². The van der Waals surface area contributed by atoms with Crippen LogP contribution in [0.5, 0.6) is 0 Å². The highest BCUT2D eigenvalue weighted by Gasteiger charge is 2.10. The molecule has 4 heteroatoms. The maximum Gasteiger partial charge on any atom is 0.267 e. The Morgan fingerprint density at radius 2 is 2.22 bits per heavy atom. The zero-order valence-electron chi connectivity index (χ0n) is 10.6. The number of fused-ring (bicyclic) bond motifs is 1. The molecule has 0 unspecified atom stereocenters. The van der Waals surface area contributed by atoms with Crippen LogP contribution >= 0.6 is 11.6 Å². The number of benzene rings is 1. The fourth-order valence-electron chi connectivity index (χ4n) is 1.81. The molecule has 0 bridgehead atoms. The van der Waals surface area contributed by atoms with Crippen molar-refractivity contribution < 1.29 is 4.79 Å². The lowest BCUT2D eigenvalue weighted by atomic mass is 10.1. The summed E-state index contributed by atoms with van der Waals surface area (Å²) in [7, 11) is 0. The zero-order valence-corrected chi connectivity index (χ0v) is 11.3. The third-order valence-electron chi connectivity index (χ3n) is 2.86. The number of aromatic nitrogens is 1. The summed E-state index contributed by atoms with van der Waals surface area (Å²) >= 11 is 6.06. The van der Waals surface area contributed by atoms with Crippen molar-refractivity contribution in [3.63, 3.8) is 0 Å². The molecule has 2 aromatic rings. The van der Waals surface area contributed by atoms with E-state index in [1.54, 1.807) is 6.07 Å². The van der Waals surface area contributed by atoms with Gasteiger partial charge in [0.25, 0.3) is 5.91 Å². The molecule has 2 N–H and O–H groups in total. The van der Waals surface area contributed by atoms with Crippen molar-refractivity contribution >= 4 is 28.4 Å². The van der Waals surface area contributed by atoms with E-state index < -0.39 is 0 Å². The van der Waals surface area contributed by atoms with E-state index in [2.05, 4.69) is 24.1 Å². The third kappa shape index (κ3) is 2.85. The van der Waals surface area contributed by atoms with E-state index in [4.69, 9.17) is 11.6 Å². The Labute approximate surface area is 112 Å². The first-order valence-electron chi connectivity index (χ1n) is 6.13. The lowest BCUT2D eigenvalue weighted by Gasteiger charge is -2.05. The predicted octanol–water partition coefficient (Wildman–Crippen LogP) is 3.60. The summed E-state index contributed by atoms with van der Waals surface area (Å²) < 4.78 is 0. The first kappa shape index (κ1) is 13.0. The molecule has 1 amide bonds. The summed E-state index contributed by atoms with van der Waals surface area (Å²) in [4.78, 5) is 15.0. The highest BCUT2D eigenvalue weighted by atomic mass is 35.5. The fourth-order valence-corrected chi connectivity index (χ4v) is 2.04. The van der Waals surface area contributed by atoms with Crippen LogP contribution in [0.1, 0.15) is 30.8 Å². The van der Waals surface area contributed by atoms with Gasteiger partial charge in [0.15, 0.2) is 0 Å². The lowest BCUT2D eigenvalue weighted by molar-refractivity contribution is 0.0948. The van der Waals surface area contributed by atoms with Crippen LogP contribution in [0.3, 0.4) is 0 Å². The Balaban J connectivity index is 2.11. The Morgan fingerprint density at radius 3 is 2.89 bits per heavy atom. The summed E-state index contributed by atoms with van der Waals surface area (Å²) in [6.07, 6.45) is 0.979. The van der Waals surface area contributed by atoms with Gasteiger partial charge in [-0.3, -0.25) is 4.79 Å². The number of aromatic amines is 1. The molecule has 0 aliphatic carbocycles. The van der Waals surface area contributed by atoms with E-state index in [1.807, 2.05) is 18.2 Å². The van der Waals surface area contributed by atoms with Crippen LogP contribution < -0.4 is 5.32 Å². The molecule has 1 aromatic carbocycles. The van der Waals surface area contributed by atoms with Gasteiger partial charge in [-0.05, 0) is 24.5 Å². The van der Waals surface area contributed by atoms with Gasteiger partial charge in [0.05, 0.1) is 10.5 Å². The molecule has 96 valence electrons. The summed E-state index contributed by atoms with van der Waals surface area (Å²) in [5, 5.41) is 4.49. The number of carbonyl (C=O) groups is 1. The highest BCUT2D eigenvalue weighted by Crippen LogP contribution is 2.23. The Morgan fingerprint density at radius 1 is 1.44 bits per heavy atom. The van der Waals surface area contributed by atoms with E-state index in [9.17, 15) is 4.79 Å². The van der Waals surface area contributed by atoms with Crippen LogP contribution in [0.25, 0.3) is 10.9 Å². The molecular weight excluding hydrogens is 248 g/mol. The van der Waals surface area contributed by atoms with Gasteiger partial charge in [0.2, 0.25) is 0 Å². The van der Waals surface area contributed by atoms with E-state index in [-0.39, 0.29) is 5.91 Å². The molecule has 0 aliphatic heterocycles. The molecule has 0 saturated heterocycles.